The summed E-state index contributed by atoms with van der Waals surface area (Å²) in [6.45, 7) is 9.22. The van der Waals surface area contributed by atoms with E-state index in [2.05, 4.69) is 33.8 Å². The van der Waals surface area contributed by atoms with Gasteiger partial charge in [-0.1, -0.05) is 32.4 Å². The summed E-state index contributed by atoms with van der Waals surface area (Å²) in [5.74, 6) is 2.58. The van der Waals surface area contributed by atoms with Gasteiger partial charge in [0, 0.05) is 0 Å². The van der Waals surface area contributed by atoms with Gasteiger partial charge in [0.15, 0.2) is 0 Å². The van der Waals surface area contributed by atoms with E-state index in [1.54, 1.807) is 5.57 Å². The van der Waals surface area contributed by atoms with Crippen molar-refractivity contribution in [2.45, 2.75) is 40.5 Å². The van der Waals surface area contributed by atoms with Crippen LogP contribution in [0.1, 0.15) is 40.5 Å². The molecule has 0 aromatic rings. The highest BCUT2D eigenvalue weighted by Crippen LogP contribution is 2.40. The maximum absolute atomic E-state index is 2.36. The number of rotatable bonds is 1. The summed E-state index contributed by atoms with van der Waals surface area (Å²) in [5.41, 5.74) is 1.71. The second kappa shape index (κ2) is 3.42. The Balaban J connectivity index is 2.70. The first-order valence-electron chi connectivity index (χ1n) is 4.83. The van der Waals surface area contributed by atoms with E-state index in [0.29, 0.717) is 0 Å². The van der Waals surface area contributed by atoms with Gasteiger partial charge in [-0.25, -0.2) is 0 Å². The topological polar surface area (TPSA) is 0 Å². The average Bonchev–Trinajstić information content (AvgIpc) is 2.30. The van der Waals surface area contributed by atoms with Crippen molar-refractivity contribution < 1.29 is 0 Å². The largest absolute Gasteiger partial charge is 0.0879 e. The quantitative estimate of drug-likeness (QED) is 0.503. The third-order valence-electron chi connectivity index (χ3n) is 3.05. The molecule has 0 heteroatoms. The molecule has 2 atom stereocenters. The Morgan fingerprint density at radius 3 is 2.36 bits per heavy atom. The van der Waals surface area contributed by atoms with Gasteiger partial charge in [0.2, 0.25) is 0 Å². The Bertz CT molecular complexity index is 153. The van der Waals surface area contributed by atoms with E-state index in [0.717, 1.165) is 17.8 Å². The lowest BCUT2D eigenvalue weighted by Crippen LogP contribution is -2.07. The molecule has 0 radical (unpaired) electrons. The average molecular weight is 152 g/mol. The molecule has 64 valence electrons. The van der Waals surface area contributed by atoms with E-state index in [1.807, 2.05) is 0 Å². The fourth-order valence-corrected chi connectivity index (χ4v) is 2.35. The Morgan fingerprint density at radius 2 is 2.00 bits per heavy atom. The number of hydrogen-bond donors (Lipinski definition) is 0. The number of hydrogen-bond acceptors (Lipinski definition) is 0. The van der Waals surface area contributed by atoms with Crippen LogP contribution >= 0.6 is 0 Å². The molecule has 0 saturated heterocycles. The molecule has 0 heterocycles. The zero-order chi connectivity index (χ0) is 8.43. The van der Waals surface area contributed by atoms with Gasteiger partial charge in [-0.05, 0) is 37.5 Å². The predicted octanol–water partition coefficient (Wildman–Crippen LogP) is 3.63. The molecule has 0 aromatic heterocycles. The van der Waals surface area contributed by atoms with Crippen LogP contribution in [0.25, 0.3) is 0 Å². The third kappa shape index (κ3) is 1.66. The molecule has 1 aliphatic rings. The molecule has 0 N–H and O–H groups in total. The number of allylic oxidation sites excluding steroid dienone is 2. The molecule has 0 aliphatic heterocycles. The highest BCUT2D eigenvalue weighted by atomic mass is 14.3. The summed E-state index contributed by atoms with van der Waals surface area (Å²) < 4.78 is 0. The van der Waals surface area contributed by atoms with Gasteiger partial charge in [0.05, 0.1) is 0 Å². The SMILES string of the molecule is C/C=C1\C(C)CCC1C(C)C. The second-order valence-electron chi connectivity index (χ2n) is 4.12. The van der Waals surface area contributed by atoms with Crippen LogP contribution in [-0.4, -0.2) is 0 Å². The highest BCUT2D eigenvalue weighted by Gasteiger charge is 2.28. The molecule has 0 bridgehead atoms. The summed E-state index contributed by atoms with van der Waals surface area (Å²) in [6, 6.07) is 0. The van der Waals surface area contributed by atoms with Gasteiger partial charge in [0.25, 0.3) is 0 Å². The predicted molar refractivity (Wildman–Crippen MR) is 50.5 cm³/mol. The Morgan fingerprint density at radius 1 is 1.36 bits per heavy atom. The van der Waals surface area contributed by atoms with Crippen LogP contribution in [0.5, 0.6) is 0 Å². The summed E-state index contributed by atoms with van der Waals surface area (Å²) in [6.07, 6.45) is 5.16. The molecule has 11 heavy (non-hydrogen) atoms. The van der Waals surface area contributed by atoms with Crippen LogP contribution in [0.4, 0.5) is 0 Å². The molecule has 0 nitrogen and oxygen atoms in total. The van der Waals surface area contributed by atoms with Gasteiger partial charge < -0.3 is 0 Å². The lowest BCUT2D eigenvalue weighted by Gasteiger charge is -2.17. The van der Waals surface area contributed by atoms with Crippen LogP contribution in [0.2, 0.25) is 0 Å². The van der Waals surface area contributed by atoms with Gasteiger partial charge >= 0.3 is 0 Å². The monoisotopic (exact) mass is 152 g/mol. The van der Waals surface area contributed by atoms with E-state index in [1.165, 1.54) is 12.8 Å². The summed E-state index contributed by atoms with van der Waals surface area (Å²) in [4.78, 5) is 0. The van der Waals surface area contributed by atoms with Crippen LogP contribution in [0.15, 0.2) is 11.6 Å². The van der Waals surface area contributed by atoms with Crippen LogP contribution in [0.3, 0.4) is 0 Å². The molecule has 0 aromatic carbocycles. The summed E-state index contributed by atoms with van der Waals surface area (Å²) >= 11 is 0. The van der Waals surface area contributed by atoms with Gasteiger partial charge in [-0.2, -0.15) is 0 Å². The molecule has 0 amide bonds. The van der Waals surface area contributed by atoms with E-state index in [-0.39, 0.29) is 0 Å². The molecule has 1 fully saturated rings. The standard InChI is InChI=1S/C11H20/c1-5-10-9(4)6-7-11(10)8(2)3/h5,8-9,11H,6-7H2,1-4H3/b10-5+. The van der Waals surface area contributed by atoms with E-state index < -0.39 is 0 Å². The minimum absolute atomic E-state index is 0.839. The molecular weight excluding hydrogens is 132 g/mol. The first-order chi connectivity index (χ1) is 5.16. The van der Waals surface area contributed by atoms with Crippen molar-refractivity contribution in [1.29, 1.82) is 0 Å². The van der Waals surface area contributed by atoms with Gasteiger partial charge in [0.1, 0.15) is 0 Å². The lowest BCUT2D eigenvalue weighted by atomic mass is 9.88. The zero-order valence-electron chi connectivity index (χ0n) is 8.22. The molecule has 1 rings (SSSR count). The van der Waals surface area contributed by atoms with Crippen molar-refractivity contribution in [3.05, 3.63) is 11.6 Å². The normalized spacial score (nSPS) is 35.5. The molecule has 1 saturated carbocycles. The first-order valence-corrected chi connectivity index (χ1v) is 4.83. The van der Waals surface area contributed by atoms with Crippen molar-refractivity contribution in [2.24, 2.45) is 17.8 Å². The van der Waals surface area contributed by atoms with Crippen molar-refractivity contribution in [1.82, 2.24) is 0 Å². The third-order valence-corrected chi connectivity index (χ3v) is 3.05. The van der Waals surface area contributed by atoms with Crippen molar-refractivity contribution >= 4 is 0 Å². The first kappa shape index (κ1) is 8.83. The highest BCUT2D eigenvalue weighted by molar-refractivity contribution is 5.14. The van der Waals surface area contributed by atoms with Crippen molar-refractivity contribution in [3.8, 4) is 0 Å². The molecular formula is C11H20. The maximum atomic E-state index is 2.36. The Hall–Kier alpha value is -0.260. The minimum atomic E-state index is 0.839. The minimum Gasteiger partial charge on any atom is -0.0879 e. The molecule has 1 aliphatic carbocycles. The van der Waals surface area contributed by atoms with Crippen molar-refractivity contribution in [2.75, 3.05) is 0 Å². The van der Waals surface area contributed by atoms with E-state index in [9.17, 15) is 0 Å². The summed E-state index contributed by atoms with van der Waals surface area (Å²) in [7, 11) is 0. The zero-order valence-corrected chi connectivity index (χ0v) is 8.22. The fourth-order valence-electron chi connectivity index (χ4n) is 2.35. The molecule has 2 unspecified atom stereocenters. The maximum Gasteiger partial charge on any atom is -0.0177 e. The lowest BCUT2D eigenvalue weighted by molar-refractivity contribution is 0.452. The Labute approximate surface area is 70.7 Å². The second-order valence-corrected chi connectivity index (χ2v) is 4.12. The summed E-state index contributed by atoms with van der Waals surface area (Å²) in [5, 5.41) is 0. The van der Waals surface area contributed by atoms with Crippen LogP contribution < -0.4 is 0 Å². The molecule has 0 spiro atoms. The smallest absolute Gasteiger partial charge is 0.0177 e. The van der Waals surface area contributed by atoms with E-state index in [4.69, 9.17) is 0 Å². The van der Waals surface area contributed by atoms with Gasteiger partial charge in [-0.3, -0.25) is 0 Å². The van der Waals surface area contributed by atoms with Crippen molar-refractivity contribution in [3.63, 3.8) is 0 Å². The Kier molecular flexibility index (Phi) is 2.75. The van der Waals surface area contributed by atoms with Crippen LogP contribution in [-0.2, 0) is 0 Å². The van der Waals surface area contributed by atoms with E-state index >= 15 is 0 Å². The fraction of sp³-hybridized carbons (Fsp3) is 0.818. The van der Waals surface area contributed by atoms with Crippen LogP contribution in [0, 0.1) is 17.8 Å². The van der Waals surface area contributed by atoms with Gasteiger partial charge in [-0.15, -0.1) is 0 Å².